The first-order chi connectivity index (χ1) is 7.26. The van der Waals surface area contributed by atoms with Crippen LogP contribution in [0.3, 0.4) is 0 Å². The highest BCUT2D eigenvalue weighted by molar-refractivity contribution is 5.27. The SMILES string of the molecule is COc1cccc(C[NH+](C)CCC[NH3+])c1. The Morgan fingerprint density at radius 3 is 2.87 bits per heavy atom. The van der Waals surface area contributed by atoms with Crippen LogP contribution in [0.1, 0.15) is 12.0 Å². The van der Waals surface area contributed by atoms with Crippen molar-refractivity contribution in [1.82, 2.24) is 0 Å². The first-order valence-corrected chi connectivity index (χ1v) is 5.49. The lowest BCUT2D eigenvalue weighted by Crippen LogP contribution is -3.07. The van der Waals surface area contributed by atoms with Gasteiger partial charge >= 0.3 is 0 Å². The molecule has 15 heavy (non-hydrogen) atoms. The van der Waals surface area contributed by atoms with Crippen LogP contribution in [0.5, 0.6) is 5.75 Å². The van der Waals surface area contributed by atoms with Gasteiger partial charge in [-0.2, -0.15) is 0 Å². The molecule has 1 atom stereocenters. The molecule has 0 fully saturated rings. The maximum Gasteiger partial charge on any atom is 0.119 e. The van der Waals surface area contributed by atoms with Crippen molar-refractivity contribution in [3.63, 3.8) is 0 Å². The molecule has 1 unspecified atom stereocenters. The number of ether oxygens (including phenoxy) is 1. The second-order valence-corrected chi connectivity index (χ2v) is 3.94. The number of hydrogen-bond donors (Lipinski definition) is 2. The van der Waals surface area contributed by atoms with Crippen LogP contribution in [0, 0.1) is 0 Å². The Kier molecular flexibility index (Phi) is 5.15. The molecule has 0 aliphatic carbocycles. The van der Waals surface area contributed by atoms with E-state index >= 15 is 0 Å². The van der Waals surface area contributed by atoms with Gasteiger partial charge in [0.2, 0.25) is 0 Å². The molecule has 0 heterocycles. The van der Waals surface area contributed by atoms with Gasteiger partial charge in [0, 0.05) is 12.0 Å². The van der Waals surface area contributed by atoms with Crippen molar-refractivity contribution in [2.45, 2.75) is 13.0 Å². The molecule has 0 aliphatic heterocycles. The van der Waals surface area contributed by atoms with Gasteiger partial charge in [-0.1, -0.05) is 12.1 Å². The number of nitrogens with one attached hydrogen (secondary N) is 1. The van der Waals surface area contributed by atoms with Crippen molar-refractivity contribution in [2.75, 3.05) is 27.2 Å². The molecule has 0 radical (unpaired) electrons. The zero-order valence-corrected chi connectivity index (χ0v) is 9.75. The molecule has 3 nitrogen and oxygen atoms in total. The summed E-state index contributed by atoms with van der Waals surface area (Å²) in [6.45, 7) is 3.26. The van der Waals surface area contributed by atoms with Crippen LogP contribution in [-0.4, -0.2) is 27.2 Å². The van der Waals surface area contributed by atoms with Crippen LogP contribution in [0.4, 0.5) is 0 Å². The fraction of sp³-hybridized carbons (Fsp3) is 0.500. The van der Waals surface area contributed by atoms with Crippen LogP contribution in [0.25, 0.3) is 0 Å². The van der Waals surface area contributed by atoms with Crippen molar-refractivity contribution < 1.29 is 15.4 Å². The van der Waals surface area contributed by atoms with Gasteiger partial charge in [-0.15, -0.1) is 0 Å². The Morgan fingerprint density at radius 2 is 2.20 bits per heavy atom. The van der Waals surface area contributed by atoms with E-state index in [1.807, 2.05) is 12.1 Å². The third-order valence-electron chi connectivity index (χ3n) is 2.49. The zero-order chi connectivity index (χ0) is 11.1. The molecule has 4 N–H and O–H groups in total. The molecule has 0 saturated heterocycles. The summed E-state index contributed by atoms with van der Waals surface area (Å²) in [6, 6.07) is 8.28. The monoisotopic (exact) mass is 210 g/mol. The van der Waals surface area contributed by atoms with Gasteiger partial charge in [-0.25, -0.2) is 0 Å². The van der Waals surface area contributed by atoms with E-state index in [0.717, 1.165) is 18.8 Å². The van der Waals surface area contributed by atoms with Gasteiger partial charge in [-0.05, 0) is 12.1 Å². The fourth-order valence-corrected chi connectivity index (χ4v) is 1.65. The average molecular weight is 210 g/mol. The Bertz CT molecular complexity index is 289. The largest absolute Gasteiger partial charge is 0.497 e. The molecule has 0 aromatic heterocycles. The van der Waals surface area contributed by atoms with E-state index < -0.39 is 0 Å². The van der Waals surface area contributed by atoms with Gasteiger partial charge in [0.15, 0.2) is 0 Å². The van der Waals surface area contributed by atoms with Crippen LogP contribution < -0.4 is 15.4 Å². The summed E-state index contributed by atoms with van der Waals surface area (Å²) >= 11 is 0. The summed E-state index contributed by atoms with van der Waals surface area (Å²) in [5.74, 6) is 0.942. The molecule has 0 amide bonds. The van der Waals surface area contributed by atoms with Crippen LogP contribution >= 0.6 is 0 Å². The van der Waals surface area contributed by atoms with Crippen LogP contribution in [0.15, 0.2) is 24.3 Å². The number of quaternary nitrogens is 2. The third kappa shape index (κ3) is 4.32. The summed E-state index contributed by atoms with van der Waals surface area (Å²) in [4.78, 5) is 1.52. The number of benzene rings is 1. The summed E-state index contributed by atoms with van der Waals surface area (Å²) < 4.78 is 5.20. The highest BCUT2D eigenvalue weighted by Crippen LogP contribution is 2.11. The summed E-state index contributed by atoms with van der Waals surface area (Å²) in [7, 11) is 3.92. The molecule has 3 heteroatoms. The summed E-state index contributed by atoms with van der Waals surface area (Å²) in [5, 5.41) is 0. The molecule has 1 aromatic rings. The second-order valence-electron chi connectivity index (χ2n) is 3.94. The lowest BCUT2D eigenvalue weighted by atomic mass is 10.2. The predicted octanol–water partition coefficient (Wildman–Crippen LogP) is -0.658. The fourth-order valence-electron chi connectivity index (χ4n) is 1.65. The van der Waals surface area contributed by atoms with Crippen LogP contribution in [-0.2, 0) is 6.54 Å². The quantitative estimate of drug-likeness (QED) is 0.643. The summed E-state index contributed by atoms with van der Waals surface area (Å²) in [5.41, 5.74) is 5.19. The number of hydrogen-bond acceptors (Lipinski definition) is 1. The first kappa shape index (κ1) is 12.0. The van der Waals surface area contributed by atoms with Crippen molar-refractivity contribution >= 4 is 0 Å². The minimum Gasteiger partial charge on any atom is -0.497 e. The van der Waals surface area contributed by atoms with E-state index in [1.165, 1.54) is 23.4 Å². The standard InChI is InChI=1S/C12H20N2O/c1-14(8-4-7-13)10-11-5-3-6-12(9-11)15-2/h3,5-6,9H,4,7-8,10,13H2,1-2H3/p+2. The molecule has 1 aromatic carbocycles. The Balaban J connectivity index is 2.48. The number of methoxy groups -OCH3 is 1. The normalized spacial score (nSPS) is 12.5. The highest BCUT2D eigenvalue weighted by Gasteiger charge is 2.04. The molecule has 0 spiro atoms. The zero-order valence-electron chi connectivity index (χ0n) is 9.75. The Hall–Kier alpha value is -1.06. The van der Waals surface area contributed by atoms with E-state index in [1.54, 1.807) is 7.11 Å². The molecule has 0 bridgehead atoms. The maximum absolute atomic E-state index is 5.20. The van der Waals surface area contributed by atoms with E-state index in [-0.39, 0.29) is 0 Å². The predicted molar refractivity (Wildman–Crippen MR) is 60.8 cm³/mol. The van der Waals surface area contributed by atoms with Gasteiger partial charge in [0.05, 0.1) is 27.2 Å². The topological polar surface area (TPSA) is 41.3 Å². The van der Waals surface area contributed by atoms with E-state index in [4.69, 9.17) is 4.74 Å². The van der Waals surface area contributed by atoms with Crippen molar-refractivity contribution in [3.05, 3.63) is 29.8 Å². The minimum atomic E-state index is 0.942. The van der Waals surface area contributed by atoms with Gasteiger partial charge in [-0.3, -0.25) is 0 Å². The number of rotatable bonds is 6. The van der Waals surface area contributed by atoms with Crippen molar-refractivity contribution in [3.8, 4) is 5.75 Å². The minimum absolute atomic E-state index is 0.942. The lowest BCUT2D eigenvalue weighted by Gasteiger charge is -2.13. The molecule has 84 valence electrons. The van der Waals surface area contributed by atoms with E-state index in [2.05, 4.69) is 24.9 Å². The molecule has 0 saturated carbocycles. The first-order valence-electron chi connectivity index (χ1n) is 5.49. The maximum atomic E-state index is 5.20. The van der Waals surface area contributed by atoms with Gasteiger partial charge in [0.25, 0.3) is 0 Å². The molecular weight excluding hydrogens is 188 g/mol. The third-order valence-corrected chi connectivity index (χ3v) is 2.49. The van der Waals surface area contributed by atoms with E-state index in [9.17, 15) is 0 Å². The lowest BCUT2D eigenvalue weighted by molar-refractivity contribution is -0.894. The highest BCUT2D eigenvalue weighted by atomic mass is 16.5. The second kappa shape index (κ2) is 6.43. The van der Waals surface area contributed by atoms with Gasteiger partial charge in [0.1, 0.15) is 12.3 Å². The molecular formula is C12H22N2O+2. The molecule has 1 rings (SSSR count). The average Bonchev–Trinajstić information content (AvgIpc) is 2.26. The summed E-state index contributed by atoms with van der Waals surface area (Å²) in [6.07, 6.45) is 1.19. The van der Waals surface area contributed by atoms with Crippen molar-refractivity contribution in [2.24, 2.45) is 0 Å². The van der Waals surface area contributed by atoms with Crippen LogP contribution in [0.2, 0.25) is 0 Å². The van der Waals surface area contributed by atoms with Gasteiger partial charge < -0.3 is 15.4 Å². The van der Waals surface area contributed by atoms with Crippen molar-refractivity contribution in [1.29, 1.82) is 0 Å². The smallest absolute Gasteiger partial charge is 0.119 e. The Morgan fingerprint density at radius 1 is 1.40 bits per heavy atom. The molecule has 0 aliphatic rings. The van der Waals surface area contributed by atoms with E-state index in [0.29, 0.717) is 0 Å². The Labute approximate surface area is 91.8 Å².